The van der Waals surface area contributed by atoms with Gasteiger partial charge in [0.15, 0.2) is 0 Å². The number of piperazine rings is 1. The highest BCUT2D eigenvalue weighted by atomic mass is 19.4. The van der Waals surface area contributed by atoms with E-state index < -0.39 is 11.9 Å². The fourth-order valence-corrected chi connectivity index (χ4v) is 2.82. The Morgan fingerprint density at radius 2 is 1.95 bits per heavy atom. The number of nitrogens with zero attached hydrogens (tertiary/aromatic N) is 4. The van der Waals surface area contributed by atoms with E-state index in [4.69, 9.17) is 0 Å². The number of alkyl halides is 3. The highest BCUT2D eigenvalue weighted by Gasteiger charge is 2.35. The fourth-order valence-electron chi connectivity index (χ4n) is 2.82. The predicted octanol–water partition coefficient (Wildman–Crippen LogP) is 0.506. The third-order valence-corrected chi connectivity index (χ3v) is 3.99. The molecule has 1 aromatic heterocycles. The van der Waals surface area contributed by atoms with E-state index in [-0.39, 0.29) is 17.9 Å². The monoisotopic (exact) mass is 315 g/mol. The van der Waals surface area contributed by atoms with Gasteiger partial charge in [0.1, 0.15) is 5.69 Å². The fraction of sp³-hybridized carbons (Fsp3) is 0.615. The van der Waals surface area contributed by atoms with Gasteiger partial charge in [0.2, 0.25) is 11.9 Å². The molecule has 0 aromatic carbocycles. The maximum atomic E-state index is 12.7. The lowest BCUT2D eigenvalue weighted by Crippen LogP contribution is -2.52. The van der Waals surface area contributed by atoms with Crippen LogP contribution in [0.15, 0.2) is 12.3 Å². The molecule has 1 aromatic rings. The van der Waals surface area contributed by atoms with Gasteiger partial charge in [-0.1, -0.05) is 0 Å². The Morgan fingerprint density at radius 1 is 1.23 bits per heavy atom. The molecule has 2 aliphatic rings. The zero-order valence-corrected chi connectivity index (χ0v) is 11.8. The quantitative estimate of drug-likeness (QED) is 0.861. The number of carbonyl (C=O) groups is 1. The van der Waals surface area contributed by atoms with Crippen molar-refractivity contribution < 1.29 is 18.0 Å². The first kappa shape index (κ1) is 15.0. The topological polar surface area (TPSA) is 61.4 Å². The summed E-state index contributed by atoms with van der Waals surface area (Å²) in [6.07, 6.45) is -2.57. The molecule has 2 saturated heterocycles. The van der Waals surface area contributed by atoms with Crippen LogP contribution in [0.5, 0.6) is 0 Å². The zero-order valence-electron chi connectivity index (χ0n) is 11.8. The molecule has 9 heteroatoms. The Kier molecular flexibility index (Phi) is 3.90. The summed E-state index contributed by atoms with van der Waals surface area (Å²) in [5, 5.41) is 2.79. The molecular formula is C13H16F3N5O. The molecule has 1 amide bonds. The van der Waals surface area contributed by atoms with Crippen molar-refractivity contribution in [2.24, 2.45) is 0 Å². The first-order chi connectivity index (χ1) is 10.4. The Hall–Kier alpha value is -1.90. The van der Waals surface area contributed by atoms with E-state index in [9.17, 15) is 18.0 Å². The molecule has 0 saturated carbocycles. The summed E-state index contributed by atoms with van der Waals surface area (Å²) in [4.78, 5) is 23.0. The molecule has 1 atom stereocenters. The van der Waals surface area contributed by atoms with Gasteiger partial charge in [-0.3, -0.25) is 9.69 Å². The SMILES string of the molecule is O=C1NCCC1N1CCN(c2nccc(C(F)(F)F)n2)CC1. The molecule has 2 aliphatic heterocycles. The van der Waals surface area contributed by atoms with Gasteiger partial charge < -0.3 is 10.2 Å². The normalized spacial score (nSPS) is 23.7. The van der Waals surface area contributed by atoms with Crippen LogP contribution in [0.25, 0.3) is 0 Å². The Bertz CT molecular complexity index is 557. The third kappa shape index (κ3) is 2.99. The van der Waals surface area contributed by atoms with Gasteiger partial charge in [0.05, 0.1) is 6.04 Å². The number of carbonyl (C=O) groups excluding carboxylic acids is 1. The molecule has 1 unspecified atom stereocenters. The summed E-state index contributed by atoms with van der Waals surface area (Å²) in [6, 6.07) is 0.743. The molecule has 0 bridgehead atoms. The maximum Gasteiger partial charge on any atom is 0.433 e. The molecule has 22 heavy (non-hydrogen) atoms. The minimum atomic E-state index is -4.47. The lowest BCUT2D eigenvalue weighted by atomic mass is 10.2. The number of anilines is 1. The summed E-state index contributed by atoms with van der Waals surface area (Å²) >= 11 is 0. The van der Waals surface area contributed by atoms with Crippen molar-refractivity contribution in [2.75, 3.05) is 37.6 Å². The maximum absolute atomic E-state index is 12.7. The first-order valence-corrected chi connectivity index (χ1v) is 7.12. The highest BCUT2D eigenvalue weighted by molar-refractivity contribution is 5.83. The molecular weight excluding hydrogens is 299 g/mol. The number of hydrogen-bond donors (Lipinski definition) is 1. The van der Waals surface area contributed by atoms with Crippen LogP contribution >= 0.6 is 0 Å². The molecule has 0 spiro atoms. The lowest BCUT2D eigenvalue weighted by molar-refractivity contribution is -0.141. The van der Waals surface area contributed by atoms with Crippen LogP contribution in [0, 0.1) is 0 Å². The lowest BCUT2D eigenvalue weighted by Gasteiger charge is -2.37. The van der Waals surface area contributed by atoms with Crippen molar-refractivity contribution in [2.45, 2.75) is 18.6 Å². The predicted molar refractivity (Wildman–Crippen MR) is 72.2 cm³/mol. The van der Waals surface area contributed by atoms with Gasteiger partial charge in [0.25, 0.3) is 0 Å². The van der Waals surface area contributed by atoms with Gasteiger partial charge in [-0.05, 0) is 12.5 Å². The van der Waals surface area contributed by atoms with Gasteiger partial charge in [0, 0.05) is 38.9 Å². The van der Waals surface area contributed by atoms with Crippen LogP contribution in [0.1, 0.15) is 12.1 Å². The van der Waals surface area contributed by atoms with Crippen molar-refractivity contribution in [1.29, 1.82) is 0 Å². The number of halogens is 3. The van der Waals surface area contributed by atoms with Crippen LogP contribution in [0.3, 0.4) is 0 Å². The first-order valence-electron chi connectivity index (χ1n) is 7.12. The average molecular weight is 315 g/mol. The van der Waals surface area contributed by atoms with Gasteiger partial charge in [-0.15, -0.1) is 0 Å². The standard InChI is InChI=1S/C13H16F3N5O/c14-13(15,16)10-2-4-18-12(19-10)21-7-5-20(6-8-21)9-1-3-17-11(9)22/h2,4,9H,1,3,5-8H2,(H,17,22). The van der Waals surface area contributed by atoms with E-state index >= 15 is 0 Å². The number of nitrogens with one attached hydrogen (secondary N) is 1. The molecule has 6 nitrogen and oxygen atoms in total. The molecule has 120 valence electrons. The van der Waals surface area contributed by atoms with Crippen molar-refractivity contribution in [3.8, 4) is 0 Å². The van der Waals surface area contributed by atoms with Crippen molar-refractivity contribution in [3.63, 3.8) is 0 Å². The van der Waals surface area contributed by atoms with E-state index in [1.165, 1.54) is 0 Å². The number of amides is 1. The van der Waals surface area contributed by atoms with Gasteiger partial charge in [-0.25, -0.2) is 9.97 Å². The summed E-state index contributed by atoms with van der Waals surface area (Å²) in [5.74, 6) is 0.120. The van der Waals surface area contributed by atoms with Crippen molar-refractivity contribution in [3.05, 3.63) is 18.0 Å². The Morgan fingerprint density at radius 3 is 2.55 bits per heavy atom. The molecule has 0 radical (unpaired) electrons. The number of hydrogen-bond acceptors (Lipinski definition) is 5. The summed E-state index contributed by atoms with van der Waals surface area (Å²) in [5.41, 5.74) is -0.935. The molecule has 3 rings (SSSR count). The molecule has 0 aliphatic carbocycles. The van der Waals surface area contributed by atoms with Crippen molar-refractivity contribution >= 4 is 11.9 Å². The average Bonchev–Trinajstić information content (AvgIpc) is 2.93. The van der Waals surface area contributed by atoms with Crippen LogP contribution in [0.4, 0.5) is 19.1 Å². The second-order valence-electron chi connectivity index (χ2n) is 5.36. The van der Waals surface area contributed by atoms with E-state index in [1.807, 2.05) is 0 Å². The van der Waals surface area contributed by atoms with Gasteiger partial charge >= 0.3 is 6.18 Å². The van der Waals surface area contributed by atoms with Crippen LogP contribution in [-0.4, -0.2) is 59.5 Å². The van der Waals surface area contributed by atoms with Crippen LogP contribution in [0.2, 0.25) is 0 Å². The zero-order chi connectivity index (χ0) is 15.7. The number of aromatic nitrogens is 2. The van der Waals surface area contributed by atoms with Crippen LogP contribution in [-0.2, 0) is 11.0 Å². The third-order valence-electron chi connectivity index (χ3n) is 3.99. The largest absolute Gasteiger partial charge is 0.433 e. The van der Waals surface area contributed by atoms with E-state index in [2.05, 4.69) is 20.2 Å². The minimum Gasteiger partial charge on any atom is -0.355 e. The summed E-state index contributed by atoms with van der Waals surface area (Å²) < 4.78 is 38.0. The Balaban J connectivity index is 1.65. The Labute approximate surface area is 125 Å². The summed E-state index contributed by atoms with van der Waals surface area (Å²) in [7, 11) is 0. The smallest absolute Gasteiger partial charge is 0.355 e. The second-order valence-corrected chi connectivity index (χ2v) is 5.36. The summed E-state index contributed by atoms with van der Waals surface area (Å²) in [6.45, 7) is 2.91. The molecule has 2 fully saturated rings. The number of rotatable bonds is 2. The van der Waals surface area contributed by atoms with E-state index in [1.54, 1.807) is 4.90 Å². The van der Waals surface area contributed by atoms with E-state index in [0.717, 1.165) is 18.7 Å². The minimum absolute atomic E-state index is 0.0313. The highest BCUT2D eigenvalue weighted by Crippen LogP contribution is 2.28. The van der Waals surface area contributed by atoms with Crippen LogP contribution < -0.4 is 10.2 Å². The van der Waals surface area contributed by atoms with Crippen molar-refractivity contribution in [1.82, 2.24) is 20.2 Å². The van der Waals surface area contributed by atoms with Gasteiger partial charge in [-0.2, -0.15) is 13.2 Å². The molecule has 1 N–H and O–H groups in total. The molecule has 3 heterocycles. The van der Waals surface area contributed by atoms with E-state index in [0.29, 0.717) is 32.7 Å². The second kappa shape index (κ2) is 5.71.